The van der Waals surface area contributed by atoms with Gasteiger partial charge in [0.15, 0.2) is 0 Å². The van der Waals surface area contributed by atoms with E-state index in [-0.39, 0.29) is 6.54 Å². The summed E-state index contributed by atoms with van der Waals surface area (Å²) in [5.41, 5.74) is 0. The first-order chi connectivity index (χ1) is 6.42. The van der Waals surface area contributed by atoms with Crippen LogP contribution >= 0.6 is 0 Å². The molecule has 0 atom stereocenters. The normalized spacial score (nSPS) is 12.3. The van der Waals surface area contributed by atoms with Crippen LogP contribution in [0, 0.1) is 6.92 Å². The third-order valence-electron chi connectivity index (χ3n) is 1.56. The Kier molecular flexibility index (Phi) is 3.25. The maximum absolute atomic E-state index is 11.3. The van der Waals surface area contributed by atoms with Gasteiger partial charge in [0, 0.05) is 14.1 Å². The van der Waals surface area contributed by atoms with Gasteiger partial charge >= 0.3 is 0 Å². The second-order valence-corrected chi connectivity index (χ2v) is 4.94. The first-order valence-electron chi connectivity index (χ1n) is 4.00. The predicted octanol–water partition coefficient (Wildman–Crippen LogP) is -0.121. The Morgan fingerprint density at radius 1 is 1.57 bits per heavy atom. The van der Waals surface area contributed by atoms with Crippen LogP contribution in [0.3, 0.4) is 0 Å². The third kappa shape index (κ3) is 2.79. The molecule has 0 bridgehead atoms. The fraction of sp³-hybridized carbons (Fsp3) is 0.571. The molecule has 1 N–H and O–H groups in total. The van der Waals surface area contributed by atoms with Crippen molar-refractivity contribution in [2.24, 2.45) is 0 Å². The molecular formula is C7H13N3O3S. The number of aryl methyl sites for hydroxylation is 1. The maximum Gasteiger partial charge on any atom is 0.279 e. The van der Waals surface area contributed by atoms with Gasteiger partial charge in [-0.15, -0.1) is 0 Å². The predicted molar refractivity (Wildman–Crippen MR) is 50.7 cm³/mol. The van der Waals surface area contributed by atoms with Gasteiger partial charge < -0.3 is 4.42 Å². The molecule has 0 spiro atoms. The highest BCUT2D eigenvalue weighted by Gasteiger charge is 2.13. The third-order valence-corrected chi connectivity index (χ3v) is 3.03. The van der Waals surface area contributed by atoms with E-state index in [0.29, 0.717) is 11.7 Å². The molecule has 0 aliphatic heterocycles. The molecule has 1 aromatic heterocycles. The standard InChI is InChI=1S/C7H13N3O3S/c1-6-4-8-7(13-6)5-9-14(11,12)10(2)3/h4,9H,5H2,1-3H3. The van der Waals surface area contributed by atoms with Crippen LogP contribution in [-0.4, -0.2) is 31.8 Å². The van der Waals surface area contributed by atoms with Crippen LogP contribution in [0.5, 0.6) is 0 Å². The Labute approximate surface area is 83.1 Å². The summed E-state index contributed by atoms with van der Waals surface area (Å²) in [7, 11) is -0.509. The summed E-state index contributed by atoms with van der Waals surface area (Å²) < 4.78 is 31.0. The van der Waals surface area contributed by atoms with Gasteiger partial charge in [-0.2, -0.15) is 17.4 Å². The molecule has 0 unspecified atom stereocenters. The number of aromatic nitrogens is 1. The highest BCUT2D eigenvalue weighted by Crippen LogP contribution is 2.01. The molecule has 0 aliphatic carbocycles. The highest BCUT2D eigenvalue weighted by atomic mass is 32.2. The zero-order valence-corrected chi connectivity index (χ0v) is 9.13. The van der Waals surface area contributed by atoms with E-state index < -0.39 is 10.2 Å². The van der Waals surface area contributed by atoms with Gasteiger partial charge in [-0.05, 0) is 6.92 Å². The Balaban J connectivity index is 2.57. The molecule has 1 heterocycles. The van der Waals surface area contributed by atoms with Crippen molar-refractivity contribution in [2.45, 2.75) is 13.5 Å². The van der Waals surface area contributed by atoms with E-state index in [0.717, 1.165) is 4.31 Å². The minimum absolute atomic E-state index is 0.0638. The molecule has 0 saturated heterocycles. The number of rotatable bonds is 4. The molecule has 0 fully saturated rings. The largest absolute Gasteiger partial charge is 0.445 e. The van der Waals surface area contributed by atoms with Gasteiger partial charge in [-0.25, -0.2) is 4.98 Å². The smallest absolute Gasteiger partial charge is 0.279 e. The van der Waals surface area contributed by atoms with E-state index in [4.69, 9.17) is 4.42 Å². The van der Waals surface area contributed by atoms with Crippen LogP contribution in [0.4, 0.5) is 0 Å². The zero-order chi connectivity index (χ0) is 10.8. The fourth-order valence-electron chi connectivity index (χ4n) is 0.765. The zero-order valence-electron chi connectivity index (χ0n) is 8.31. The molecule has 0 amide bonds. The topological polar surface area (TPSA) is 75.4 Å². The Morgan fingerprint density at radius 2 is 2.21 bits per heavy atom. The summed E-state index contributed by atoms with van der Waals surface area (Å²) in [4.78, 5) is 3.87. The average molecular weight is 219 g/mol. The highest BCUT2D eigenvalue weighted by molar-refractivity contribution is 7.87. The van der Waals surface area contributed by atoms with Gasteiger partial charge in [0.2, 0.25) is 5.89 Å². The summed E-state index contributed by atoms with van der Waals surface area (Å²) in [6, 6.07) is 0. The first kappa shape index (κ1) is 11.2. The lowest BCUT2D eigenvalue weighted by molar-refractivity contribution is 0.454. The molecule has 7 heteroatoms. The second kappa shape index (κ2) is 4.07. The summed E-state index contributed by atoms with van der Waals surface area (Å²) in [6.45, 7) is 1.81. The van der Waals surface area contributed by atoms with Crippen molar-refractivity contribution in [3.8, 4) is 0 Å². The molecule has 0 aliphatic rings. The average Bonchev–Trinajstić information content (AvgIpc) is 2.48. The van der Waals surface area contributed by atoms with Gasteiger partial charge in [-0.1, -0.05) is 0 Å². The van der Waals surface area contributed by atoms with Crippen molar-refractivity contribution in [3.05, 3.63) is 17.8 Å². The Morgan fingerprint density at radius 3 is 2.64 bits per heavy atom. The quantitative estimate of drug-likeness (QED) is 0.766. The van der Waals surface area contributed by atoms with Crippen molar-refractivity contribution in [2.75, 3.05) is 14.1 Å². The number of nitrogens with zero attached hydrogens (tertiary/aromatic N) is 2. The van der Waals surface area contributed by atoms with Crippen molar-refractivity contribution >= 4 is 10.2 Å². The van der Waals surface area contributed by atoms with Gasteiger partial charge in [-0.3, -0.25) is 0 Å². The van der Waals surface area contributed by atoms with Crippen LogP contribution in [0.2, 0.25) is 0 Å². The van der Waals surface area contributed by atoms with Crippen molar-refractivity contribution < 1.29 is 12.8 Å². The maximum atomic E-state index is 11.3. The van der Waals surface area contributed by atoms with Gasteiger partial charge in [0.1, 0.15) is 5.76 Å². The number of hydrogen-bond donors (Lipinski definition) is 1. The summed E-state index contributed by atoms with van der Waals surface area (Å²) in [6.07, 6.45) is 1.54. The van der Waals surface area contributed by atoms with Gasteiger partial charge in [0.25, 0.3) is 10.2 Å². The minimum atomic E-state index is -3.40. The molecule has 0 radical (unpaired) electrons. The van der Waals surface area contributed by atoms with E-state index in [1.165, 1.54) is 14.1 Å². The monoisotopic (exact) mass is 219 g/mol. The molecule has 14 heavy (non-hydrogen) atoms. The molecule has 1 rings (SSSR count). The SMILES string of the molecule is Cc1cnc(CNS(=O)(=O)N(C)C)o1. The lowest BCUT2D eigenvalue weighted by Crippen LogP contribution is -2.35. The molecule has 80 valence electrons. The Hall–Kier alpha value is -0.920. The van der Waals surface area contributed by atoms with Crippen molar-refractivity contribution in [1.29, 1.82) is 0 Å². The second-order valence-electron chi connectivity index (χ2n) is 2.97. The fourth-order valence-corrected chi connectivity index (χ4v) is 1.33. The molecule has 6 nitrogen and oxygen atoms in total. The lowest BCUT2D eigenvalue weighted by Gasteiger charge is -2.10. The lowest BCUT2D eigenvalue weighted by atomic mass is 10.6. The minimum Gasteiger partial charge on any atom is -0.445 e. The van der Waals surface area contributed by atoms with Crippen molar-refractivity contribution in [1.82, 2.24) is 14.0 Å². The van der Waals surface area contributed by atoms with E-state index >= 15 is 0 Å². The van der Waals surface area contributed by atoms with E-state index in [1.807, 2.05) is 0 Å². The molecule has 0 saturated carbocycles. The van der Waals surface area contributed by atoms with Crippen LogP contribution < -0.4 is 4.72 Å². The van der Waals surface area contributed by atoms with Crippen molar-refractivity contribution in [3.63, 3.8) is 0 Å². The molecule has 1 aromatic rings. The molecule has 0 aromatic carbocycles. The van der Waals surface area contributed by atoms with Crippen LogP contribution in [0.25, 0.3) is 0 Å². The van der Waals surface area contributed by atoms with Crippen LogP contribution in [0.15, 0.2) is 10.6 Å². The Bertz CT molecular complexity index is 396. The van der Waals surface area contributed by atoms with Gasteiger partial charge in [0.05, 0.1) is 12.7 Å². The van der Waals surface area contributed by atoms with Crippen LogP contribution in [-0.2, 0) is 16.8 Å². The number of nitrogens with one attached hydrogen (secondary N) is 1. The van der Waals surface area contributed by atoms with E-state index in [1.54, 1.807) is 13.1 Å². The van der Waals surface area contributed by atoms with E-state index in [2.05, 4.69) is 9.71 Å². The summed E-state index contributed by atoms with van der Waals surface area (Å²) in [5.74, 6) is 1.01. The van der Waals surface area contributed by atoms with Crippen LogP contribution in [0.1, 0.15) is 11.7 Å². The molecular weight excluding hydrogens is 206 g/mol. The summed E-state index contributed by atoms with van der Waals surface area (Å²) >= 11 is 0. The number of oxazole rings is 1. The first-order valence-corrected chi connectivity index (χ1v) is 5.44. The number of hydrogen-bond acceptors (Lipinski definition) is 4. The summed E-state index contributed by atoms with van der Waals surface area (Å²) in [5, 5.41) is 0. The van der Waals surface area contributed by atoms with E-state index in [9.17, 15) is 8.42 Å².